The Morgan fingerprint density at radius 1 is 1.38 bits per heavy atom. The highest BCUT2D eigenvalue weighted by atomic mass is 35.5. The number of hydrogen-bond acceptors (Lipinski definition) is 4. The molecule has 6 nitrogen and oxygen atoms in total. The number of nitrogens with zero attached hydrogens (tertiary/aromatic N) is 1. The fraction of sp³-hybridized carbons (Fsp3) is 0.462. The maximum absolute atomic E-state index is 12.2. The quantitative estimate of drug-likeness (QED) is 0.807. The number of carbonyl (C=O) groups is 1. The van der Waals surface area contributed by atoms with Crippen molar-refractivity contribution in [1.29, 1.82) is 0 Å². The Morgan fingerprint density at radius 3 is 2.62 bits per heavy atom. The molecular formula is C13H20ClN3O3S. The van der Waals surface area contributed by atoms with Gasteiger partial charge in [0.25, 0.3) is 0 Å². The molecular weight excluding hydrogens is 314 g/mol. The summed E-state index contributed by atoms with van der Waals surface area (Å²) in [7, 11) is -2.20. The molecule has 1 aromatic carbocycles. The summed E-state index contributed by atoms with van der Waals surface area (Å²) in [6.45, 7) is 1.44. The highest BCUT2D eigenvalue weighted by molar-refractivity contribution is 7.89. The second-order valence-electron chi connectivity index (χ2n) is 4.83. The number of likely N-dealkylation sites (N-methyl/N-ethyl adjacent to an activating group) is 1. The summed E-state index contributed by atoms with van der Waals surface area (Å²) in [5.41, 5.74) is 0. The lowest BCUT2D eigenvalue weighted by Gasteiger charge is -2.18. The molecule has 1 atom stereocenters. The fourth-order valence-corrected chi connectivity index (χ4v) is 3.26. The zero-order valence-electron chi connectivity index (χ0n) is 11.8. The van der Waals surface area contributed by atoms with Gasteiger partial charge in [-0.2, -0.15) is 4.31 Å². The molecule has 1 unspecified atom stereocenters. The lowest BCUT2D eigenvalue weighted by molar-refractivity contribution is -0.121. The molecule has 1 amide bonds. The van der Waals surface area contributed by atoms with Crippen LogP contribution in [0.4, 0.5) is 0 Å². The van der Waals surface area contributed by atoms with Crippen LogP contribution in [0, 0.1) is 0 Å². The predicted octanol–water partition coefficient (Wildman–Crippen LogP) is 0.207. The molecule has 0 bridgehead atoms. The van der Waals surface area contributed by atoms with Crippen LogP contribution < -0.4 is 10.6 Å². The van der Waals surface area contributed by atoms with Gasteiger partial charge in [0, 0.05) is 19.6 Å². The third kappa shape index (κ3) is 4.67. The molecule has 2 N–H and O–H groups in total. The van der Waals surface area contributed by atoms with Gasteiger partial charge in [-0.1, -0.05) is 18.2 Å². The molecule has 2 rings (SSSR count). The Kier molecular flexibility index (Phi) is 6.60. The fourth-order valence-electron chi connectivity index (χ4n) is 2.11. The van der Waals surface area contributed by atoms with Crippen LogP contribution in [0.3, 0.4) is 0 Å². The van der Waals surface area contributed by atoms with Crippen molar-refractivity contribution in [3.05, 3.63) is 30.3 Å². The normalized spacial score (nSPS) is 18.3. The molecule has 1 aliphatic heterocycles. The summed E-state index contributed by atoms with van der Waals surface area (Å²) >= 11 is 0. The lowest BCUT2D eigenvalue weighted by Crippen LogP contribution is -2.43. The molecule has 1 aromatic rings. The Bertz CT molecular complexity index is 559. The monoisotopic (exact) mass is 333 g/mol. The molecule has 8 heteroatoms. The zero-order chi connectivity index (χ0) is 14.6. The number of halogens is 1. The van der Waals surface area contributed by atoms with Crippen LogP contribution in [0.5, 0.6) is 0 Å². The van der Waals surface area contributed by atoms with Crippen LogP contribution in [0.1, 0.15) is 6.42 Å². The second kappa shape index (κ2) is 7.74. The minimum absolute atomic E-state index is 0. The lowest BCUT2D eigenvalue weighted by atomic mass is 10.2. The third-order valence-electron chi connectivity index (χ3n) is 3.24. The van der Waals surface area contributed by atoms with Gasteiger partial charge in [-0.15, -0.1) is 12.4 Å². The molecule has 0 aromatic heterocycles. The van der Waals surface area contributed by atoms with E-state index in [0.717, 1.165) is 23.8 Å². The Hall–Kier alpha value is -1.15. The standard InChI is InChI=1S/C13H19N3O3S.ClH/c1-16(10-13(17)15-11-7-8-14-9-11)20(18,19)12-5-3-2-4-6-12;/h2-6,11,14H,7-10H2,1H3,(H,15,17);1H. The first kappa shape index (κ1) is 17.9. The maximum atomic E-state index is 12.2. The average molecular weight is 334 g/mol. The highest BCUT2D eigenvalue weighted by Gasteiger charge is 2.24. The molecule has 1 fully saturated rings. The van der Waals surface area contributed by atoms with Crippen LogP contribution in [-0.4, -0.2) is 51.4 Å². The van der Waals surface area contributed by atoms with Gasteiger partial charge in [0.15, 0.2) is 0 Å². The van der Waals surface area contributed by atoms with Crippen LogP contribution in [0.25, 0.3) is 0 Å². The predicted molar refractivity (Wildman–Crippen MR) is 82.9 cm³/mol. The second-order valence-corrected chi connectivity index (χ2v) is 6.88. The number of benzene rings is 1. The van der Waals surface area contributed by atoms with Crippen molar-refractivity contribution in [3.63, 3.8) is 0 Å². The van der Waals surface area contributed by atoms with E-state index in [1.54, 1.807) is 18.2 Å². The van der Waals surface area contributed by atoms with E-state index < -0.39 is 10.0 Å². The molecule has 0 spiro atoms. The minimum Gasteiger partial charge on any atom is -0.351 e. The molecule has 0 aliphatic carbocycles. The Balaban J connectivity index is 0.00000220. The van der Waals surface area contributed by atoms with Gasteiger partial charge in [0.2, 0.25) is 15.9 Å². The summed E-state index contributed by atoms with van der Waals surface area (Å²) < 4.78 is 25.5. The third-order valence-corrected chi connectivity index (χ3v) is 5.06. The summed E-state index contributed by atoms with van der Waals surface area (Å²) in [6, 6.07) is 8.19. The first-order valence-electron chi connectivity index (χ1n) is 6.51. The van der Waals surface area contributed by atoms with Gasteiger partial charge < -0.3 is 10.6 Å². The first-order chi connectivity index (χ1) is 9.50. The number of sulfonamides is 1. The molecule has 21 heavy (non-hydrogen) atoms. The van der Waals surface area contributed by atoms with Crippen LogP contribution in [0.2, 0.25) is 0 Å². The summed E-state index contributed by atoms with van der Waals surface area (Å²) in [4.78, 5) is 12.0. The van der Waals surface area contributed by atoms with Crippen LogP contribution in [-0.2, 0) is 14.8 Å². The van der Waals surface area contributed by atoms with Crippen molar-refractivity contribution in [2.75, 3.05) is 26.7 Å². The number of rotatable bonds is 5. The minimum atomic E-state index is -3.61. The molecule has 1 saturated heterocycles. The van der Waals surface area contributed by atoms with E-state index in [1.165, 1.54) is 19.2 Å². The molecule has 0 radical (unpaired) electrons. The van der Waals surface area contributed by atoms with Crippen LogP contribution in [0.15, 0.2) is 35.2 Å². The van der Waals surface area contributed by atoms with E-state index in [4.69, 9.17) is 0 Å². The number of amides is 1. The largest absolute Gasteiger partial charge is 0.351 e. The van der Waals surface area contributed by atoms with Gasteiger partial charge in [-0.25, -0.2) is 8.42 Å². The van der Waals surface area contributed by atoms with Gasteiger partial charge in [-0.3, -0.25) is 4.79 Å². The molecule has 118 valence electrons. The topological polar surface area (TPSA) is 78.5 Å². The molecule has 1 heterocycles. The number of nitrogens with one attached hydrogen (secondary N) is 2. The van der Waals surface area contributed by atoms with Crippen molar-refractivity contribution in [2.45, 2.75) is 17.4 Å². The van der Waals surface area contributed by atoms with Gasteiger partial charge in [0.05, 0.1) is 11.4 Å². The van der Waals surface area contributed by atoms with E-state index >= 15 is 0 Å². The van der Waals surface area contributed by atoms with Crippen molar-refractivity contribution in [1.82, 2.24) is 14.9 Å². The highest BCUT2D eigenvalue weighted by Crippen LogP contribution is 2.13. The van der Waals surface area contributed by atoms with E-state index in [2.05, 4.69) is 10.6 Å². The van der Waals surface area contributed by atoms with Crippen molar-refractivity contribution in [2.24, 2.45) is 0 Å². The maximum Gasteiger partial charge on any atom is 0.243 e. The average Bonchev–Trinajstić information content (AvgIpc) is 2.92. The first-order valence-corrected chi connectivity index (χ1v) is 7.95. The van der Waals surface area contributed by atoms with Crippen molar-refractivity contribution >= 4 is 28.3 Å². The van der Waals surface area contributed by atoms with E-state index in [0.29, 0.717) is 0 Å². The van der Waals surface area contributed by atoms with Crippen LogP contribution >= 0.6 is 12.4 Å². The van der Waals surface area contributed by atoms with E-state index in [1.807, 2.05) is 0 Å². The Labute approximate surface area is 131 Å². The van der Waals surface area contributed by atoms with Gasteiger partial charge in [-0.05, 0) is 25.1 Å². The number of hydrogen-bond donors (Lipinski definition) is 2. The summed E-state index contributed by atoms with van der Waals surface area (Å²) in [6.07, 6.45) is 0.876. The summed E-state index contributed by atoms with van der Waals surface area (Å²) in [5.74, 6) is -0.277. The van der Waals surface area contributed by atoms with E-state index in [-0.39, 0.29) is 35.8 Å². The van der Waals surface area contributed by atoms with E-state index in [9.17, 15) is 13.2 Å². The Morgan fingerprint density at radius 2 is 2.05 bits per heavy atom. The van der Waals surface area contributed by atoms with Gasteiger partial charge in [0.1, 0.15) is 0 Å². The van der Waals surface area contributed by atoms with Gasteiger partial charge >= 0.3 is 0 Å². The summed E-state index contributed by atoms with van der Waals surface area (Å²) in [5, 5.41) is 5.97. The molecule has 0 saturated carbocycles. The smallest absolute Gasteiger partial charge is 0.243 e. The van der Waals surface area contributed by atoms with Crippen molar-refractivity contribution < 1.29 is 13.2 Å². The SMILES string of the molecule is CN(CC(=O)NC1CCNC1)S(=O)(=O)c1ccccc1.Cl. The number of carbonyl (C=O) groups excluding carboxylic acids is 1. The van der Waals surface area contributed by atoms with Crippen molar-refractivity contribution in [3.8, 4) is 0 Å². The zero-order valence-corrected chi connectivity index (χ0v) is 13.4. The molecule has 1 aliphatic rings.